The molecule has 1 atom stereocenters. The third-order valence-electron chi connectivity index (χ3n) is 5.48. The van der Waals surface area contributed by atoms with Crippen LogP contribution in [0.4, 0.5) is 0 Å². The van der Waals surface area contributed by atoms with Crippen LogP contribution in [0.1, 0.15) is 50.2 Å². The summed E-state index contributed by atoms with van der Waals surface area (Å²) in [6.45, 7) is 2.43. The molecule has 148 valence electrons. The number of hydrogen-bond acceptors (Lipinski definition) is 2. The maximum Gasteiger partial charge on any atom is 0.243 e. The highest BCUT2D eigenvalue weighted by atomic mass is 16.2. The van der Waals surface area contributed by atoms with Gasteiger partial charge in [-0.25, -0.2) is 0 Å². The van der Waals surface area contributed by atoms with Crippen LogP contribution in [0.15, 0.2) is 60.7 Å². The first-order valence-electron chi connectivity index (χ1n) is 10.3. The molecule has 0 unspecified atom stereocenters. The number of carbonyl (C=O) groups is 2. The Hall–Kier alpha value is -2.62. The molecule has 0 heterocycles. The van der Waals surface area contributed by atoms with Gasteiger partial charge in [0.2, 0.25) is 11.8 Å². The molecule has 2 aromatic carbocycles. The number of nitrogens with one attached hydrogen (secondary N) is 1. The highest BCUT2D eigenvalue weighted by molar-refractivity contribution is 5.88. The Balaban J connectivity index is 1.78. The molecule has 0 aromatic heterocycles. The van der Waals surface area contributed by atoms with Crippen LogP contribution in [-0.2, 0) is 22.6 Å². The predicted octanol–water partition coefficient (Wildman–Crippen LogP) is 4.10. The number of benzene rings is 2. The van der Waals surface area contributed by atoms with Crippen LogP contribution >= 0.6 is 0 Å². The molecule has 0 spiro atoms. The number of nitrogens with zero attached hydrogens (tertiary/aromatic N) is 1. The van der Waals surface area contributed by atoms with Crippen LogP contribution in [0.5, 0.6) is 0 Å². The third-order valence-corrected chi connectivity index (χ3v) is 5.48. The van der Waals surface area contributed by atoms with Gasteiger partial charge >= 0.3 is 0 Å². The maximum atomic E-state index is 13.2. The zero-order chi connectivity index (χ0) is 19.8. The van der Waals surface area contributed by atoms with E-state index in [2.05, 4.69) is 5.32 Å². The van der Waals surface area contributed by atoms with Crippen molar-refractivity contribution in [3.63, 3.8) is 0 Å². The predicted molar refractivity (Wildman–Crippen MR) is 112 cm³/mol. The van der Waals surface area contributed by atoms with E-state index in [0.717, 1.165) is 24.0 Å². The molecule has 0 radical (unpaired) electrons. The zero-order valence-electron chi connectivity index (χ0n) is 16.6. The summed E-state index contributed by atoms with van der Waals surface area (Å²) in [5.41, 5.74) is 2.01. The summed E-state index contributed by atoms with van der Waals surface area (Å²) >= 11 is 0. The molecule has 3 rings (SSSR count). The van der Waals surface area contributed by atoms with Crippen molar-refractivity contribution in [2.75, 3.05) is 0 Å². The minimum absolute atomic E-state index is 0.0107. The second kappa shape index (κ2) is 10.1. The SMILES string of the molecule is CC[C@@H](C(=O)NC1CCCC1)N(Cc1ccccc1)C(=O)Cc1ccccc1. The lowest BCUT2D eigenvalue weighted by atomic mass is 10.1. The molecule has 0 aliphatic heterocycles. The topological polar surface area (TPSA) is 49.4 Å². The third kappa shape index (κ3) is 5.44. The van der Waals surface area contributed by atoms with Gasteiger partial charge in [-0.05, 0) is 30.4 Å². The molecule has 0 saturated heterocycles. The molecule has 1 fully saturated rings. The molecule has 1 saturated carbocycles. The number of carbonyl (C=O) groups excluding carboxylic acids is 2. The fourth-order valence-electron chi connectivity index (χ4n) is 3.94. The van der Waals surface area contributed by atoms with Crippen LogP contribution in [0.3, 0.4) is 0 Å². The molecule has 0 bridgehead atoms. The number of rotatable bonds is 8. The summed E-state index contributed by atoms with van der Waals surface area (Å²) in [6, 6.07) is 19.4. The van der Waals surface area contributed by atoms with Crippen molar-refractivity contribution in [1.82, 2.24) is 10.2 Å². The van der Waals surface area contributed by atoms with Crippen LogP contribution in [0.2, 0.25) is 0 Å². The normalized spacial score (nSPS) is 15.2. The van der Waals surface area contributed by atoms with Crippen molar-refractivity contribution >= 4 is 11.8 Å². The zero-order valence-corrected chi connectivity index (χ0v) is 16.6. The molecular formula is C24H30N2O2. The molecule has 1 aliphatic rings. The second-order valence-corrected chi connectivity index (χ2v) is 7.58. The lowest BCUT2D eigenvalue weighted by Gasteiger charge is -2.31. The Morgan fingerprint density at radius 3 is 2.11 bits per heavy atom. The Bertz CT molecular complexity index is 755. The molecule has 28 heavy (non-hydrogen) atoms. The van der Waals surface area contributed by atoms with Crippen molar-refractivity contribution in [2.24, 2.45) is 0 Å². The summed E-state index contributed by atoms with van der Waals surface area (Å²) in [7, 11) is 0. The molecule has 1 N–H and O–H groups in total. The summed E-state index contributed by atoms with van der Waals surface area (Å²) < 4.78 is 0. The standard InChI is InChI=1S/C24H30N2O2/c1-2-22(24(28)25-21-15-9-10-16-21)26(18-20-13-7-4-8-14-20)23(27)17-19-11-5-3-6-12-19/h3-8,11-14,21-22H,2,9-10,15-18H2,1H3,(H,25,28)/t22-/m0/s1. The molecule has 2 amide bonds. The molecule has 2 aromatic rings. The van der Waals surface area contributed by atoms with Gasteiger partial charge in [-0.1, -0.05) is 80.4 Å². The van der Waals surface area contributed by atoms with Crippen LogP contribution < -0.4 is 5.32 Å². The largest absolute Gasteiger partial charge is 0.352 e. The fraction of sp³-hybridized carbons (Fsp3) is 0.417. The fourth-order valence-corrected chi connectivity index (χ4v) is 3.94. The lowest BCUT2D eigenvalue weighted by Crippen LogP contribution is -2.51. The molecule has 4 nitrogen and oxygen atoms in total. The summed E-state index contributed by atoms with van der Waals surface area (Å²) in [5.74, 6) is -0.0322. The average molecular weight is 379 g/mol. The Morgan fingerprint density at radius 2 is 1.54 bits per heavy atom. The average Bonchev–Trinajstić information content (AvgIpc) is 3.22. The van der Waals surface area contributed by atoms with Crippen molar-refractivity contribution in [3.8, 4) is 0 Å². The quantitative estimate of drug-likeness (QED) is 0.752. The summed E-state index contributed by atoms with van der Waals surface area (Å²) in [5, 5.41) is 3.18. The lowest BCUT2D eigenvalue weighted by molar-refractivity contribution is -0.141. The highest BCUT2D eigenvalue weighted by Crippen LogP contribution is 2.19. The van der Waals surface area contributed by atoms with Crippen molar-refractivity contribution in [3.05, 3.63) is 71.8 Å². The van der Waals surface area contributed by atoms with Gasteiger partial charge < -0.3 is 10.2 Å². The van der Waals surface area contributed by atoms with Crippen LogP contribution in [-0.4, -0.2) is 28.8 Å². The molecule has 4 heteroatoms. The van der Waals surface area contributed by atoms with E-state index < -0.39 is 6.04 Å². The van der Waals surface area contributed by atoms with E-state index in [-0.39, 0.29) is 17.9 Å². The summed E-state index contributed by atoms with van der Waals surface area (Å²) in [6.07, 6.45) is 5.33. The van der Waals surface area contributed by atoms with Crippen molar-refractivity contribution in [2.45, 2.75) is 64.1 Å². The molecular weight excluding hydrogens is 348 g/mol. The van der Waals surface area contributed by atoms with Gasteiger partial charge in [0.1, 0.15) is 6.04 Å². The van der Waals surface area contributed by atoms with E-state index in [0.29, 0.717) is 19.4 Å². The second-order valence-electron chi connectivity index (χ2n) is 7.58. The monoisotopic (exact) mass is 378 g/mol. The Labute approximate surface area is 167 Å². The number of hydrogen-bond donors (Lipinski definition) is 1. The van der Waals surface area contributed by atoms with Crippen LogP contribution in [0.25, 0.3) is 0 Å². The van der Waals surface area contributed by atoms with Gasteiger partial charge in [-0.3, -0.25) is 9.59 Å². The van der Waals surface area contributed by atoms with E-state index in [1.807, 2.05) is 67.6 Å². The molecule has 1 aliphatic carbocycles. The van der Waals surface area contributed by atoms with Gasteiger partial charge in [-0.2, -0.15) is 0 Å². The summed E-state index contributed by atoms with van der Waals surface area (Å²) in [4.78, 5) is 28.0. The van der Waals surface area contributed by atoms with E-state index >= 15 is 0 Å². The Morgan fingerprint density at radius 1 is 0.964 bits per heavy atom. The van der Waals surface area contributed by atoms with E-state index in [9.17, 15) is 9.59 Å². The first-order chi connectivity index (χ1) is 13.7. The Kier molecular flexibility index (Phi) is 7.24. The van der Waals surface area contributed by atoms with E-state index in [1.165, 1.54) is 12.8 Å². The first-order valence-corrected chi connectivity index (χ1v) is 10.3. The number of amides is 2. The van der Waals surface area contributed by atoms with Gasteiger partial charge in [-0.15, -0.1) is 0 Å². The van der Waals surface area contributed by atoms with Gasteiger partial charge in [0.15, 0.2) is 0 Å². The minimum atomic E-state index is -0.447. The first kappa shape index (κ1) is 20.1. The van der Waals surface area contributed by atoms with Gasteiger partial charge in [0.05, 0.1) is 6.42 Å². The smallest absolute Gasteiger partial charge is 0.243 e. The van der Waals surface area contributed by atoms with Gasteiger partial charge in [0.25, 0.3) is 0 Å². The highest BCUT2D eigenvalue weighted by Gasteiger charge is 2.30. The maximum absolute atomic E-state index is 13.2. The van der Waals surface area contributed by atoms with E-state index in [1.54, 1.807) is 4.90 Å². The van der Waals surface area contributed by atoms with E-state index in [4.69, 9.17) is 0 Å². The van der Waals surface area contributed by atoms with Gasteiger partial charge in [0, 0.05) is 12.6 Å². The van der Waals surface area contributed by atoms with Crippen molar-refractivity contribution in [1.29, 1.82) is 0 Å². The minimum Gasteiger partial charge on any atom is -0.352 e. The van der Waals surface area contributed by atoms with Crippen LogP contribution in [0, 0.1) is 0 Å². The van der Waals surface area contributed by atoms with Crippen molar-refractivity contribution < 1.29 is 9.59 Å².